The first-order valence-electron chi connectivity index (χ1n) is 6.76. The lowest BCUT2D eigenvalue weighted by molar-refractivity contribution is -0.123. The summed E-state index contributed by atoms with van der Waals surface area (Å²) in [4.78, 5) is 14.8. The molecule has 2 atom stereocenters. The Morgan fingerprint density at radius 2 is 2.10 bits per heavy atom. The molecule has 2 aliphatic rings. The molecule has 2 nitrogen and oxygen atoms in total. The fourth-order valence-electron chi connectivity index (χ4n) is 2.93. The van der Waals surface area contributed by atoms with Crippen LogP contribution in [0.5, 0.6) is 0 Å². The van der Waals surface area contributed by atoms with Crippen LogP contribution in [0.15, 0.2) is 18.2 Å². The fraction of sp³-hybridized carbons (Fsp3) is 0.533. The van der Waals surface area contributed by atoms with Crippen LogP contribution in [0.1, 0.15) is 32.3 Å². The van der Waals surface area contributed by atoms with Gasteiger partial charge in [-0.2, -0.15) is 0 Å². The van der Waals surface area contributed by atoms with E-state index in [1.807, 2.05) is 11.8 Å². The van der Waals surface area contributed by atoms with Crippen molar-refractivity contribution in [2.45, 2.75) is 42.4 Å². The molecule has 1 aliphatic carbocycles. The van der Waals surface area contributed by atoms with Crippen LogP contribution in [-0.2, 0) is 11.2 Å². The summed E-state index contributed by atoms with van der Waals surface area (Å²) in [6, 6.07) is 4.86. The summed E-state index contributed by atoms with van der Waals surface area (Å²) >= 11 is 7.11. The van der Waals surface area contributed by atoms with Crippen LogP contribution in [0, 0.1) is 11.2 Å². The molecule has 1 saturated carbocycles. The van der Waals surface area contributed by atoms with Gasteiger partial charge in [0.1, 0.15) is 5.82 Å². The SMILES string of the molecule is C[C@H]1CCc2cc(F)ccc2N1C(=O)[C@]1(C)CC1(Br)Br. The minimum atomic E-state index is -0.440. The van der Waals surface area contributed by atoms with E-state index in [4.69, 9.17) is 0 Å². The van der Waals surface area contributed by atoms with Crippen LogP contribution >= 0.6 is 31.9 Å². The molecule has 0 aromatic heterocycles. The molecule has 0 N–H and O–H groups in total. The smallest absolute Gasteiger partial charge is 0.235 e. The molecule has 0 bridgehead atoms. The van der Waals surface area contributed by atoms with Crippen LogP contribution < -0.4 is 4.90 Å². The first kappa shape index (κ1) is 14.5. The van der Waals surface area contributed by atoms with Crippen molar-refractivity contribution >= 4 is 43.5 Å². The highest BCUT2D eigenvalue weighted by atomic mass is 79.9. The van der Waals surface area contributed by atoms with Gasteiger partial charge in [0.15, 0.2) is 0 Å². The van der Waals surface area contributed by atoms with Gasteiger partial charge in [-0.3, -0.25) is 4.79 Å². The number of alkyl halides is 2. The summed E-state index contributed by atoms with van der Waals surface area (Å²) in [7, 11) is 0. The largest absolute Gasteiger partial charge is 0.309 e. The molecule has 0 unspecified atom stereocenters. The molecule has 1 fully saturated rings. The van der Waals surface area contributed by atoms with Gasteiger partial charge in [0.2, 0.25) is 5.91 Å². The number of fused-ring (bicyclic) bond motifs is 1. The number of rotatable bonds is 1. The summed E-state index contributed by atoms with van der Waals surface area (Å²) in [6.07, 6.45) is 2.46. The van der Waals surface area contributed by atoms with Crippen LogP contribution in [-0.4, -0.2) is 15.2 Å². The quantitative estimate of drug-likeness (QED) is 0.635. The lowest BCUT2D eigenvalue weighted by atomic mass is 9.94. The van der Waals surface area contributed by atoms with E-state index in [-0.39, 0.29) is 21.0 Å². The number of benzene rings is 1. The average Bonchev–Trinajstić information content (AvgIpc) is 2.89. The summed E-state index contributed by atoms with van der Waals surface area (Å²) in [6.45, 7) is 4.02. The lowest BCUT2D eigenvalue weighted by Gasteiger charge is -2.37. The van der Waals surface area contributed by atoms with E-state index >= 15 is 0 Å². The Hall–Kier alpha value is -0.420. The first-order valence-corrected chi connectivity index (χ1v) is 8.35. The molecular weight excluding hydrogens is 389 g/mol. The summed E-state index contributed by atoms with van der Waals surface area (Å²) in [5.41, 5.74) is 1.35. The molecule has 1 heterocycles. The molecule has 0 saturated heterocycles. The Morgan fingerprint density at radius 1 is 1.45 bits per heavy atom. The monoisotopic (exact) mass is 403 g/mol. The number of anilines is 1. The molecule has 0 spiro atoms. The van der Waals surface area contributed by atoms with Gasteiger partial charge in [0, 0.05) is 11.7 Å². The Labute approximate surface area is 135 Å². The van der Waals surface area contributed by atoms with Gasteiger partial charge in [0.25, 0.3) is 0 Å². The maximum absolute atomic E-state index is 13.4. The fourth-order valence-corrected chi connectivity index (χ4v) is 4.39. The van der Waals surface area contributed by atoms with Gasteiger partial charge >= 0.3 is 0 Å². The second kappa shape index (κ2) is 4.54. The van der Waals surface area contributed by atoms with Gasteiger partial charge in [-0.05, 0) is 56.9 Å². The molecule has 1 aromatic carbocycles. The molecule has 5 heteroatoms. The molecule has 1 amide bonds. The van der Waals surface area contributed by atoms with Crippen molar-refractivity contribution in [1.29, 1.82) is 0 Å². The molecule has 108 valence electrons. The predicted molar refractivity (Wildman–Crippen MR) is 85.0 cm³/mol. The molecule has 3 rings (SSSR count). The second-order valence-electron chi connectivity index (χ2n) is 6.05. The highest BCUT2D eigenvalue weighted by Gasteiger charge is 2.68. The number of hydrogen-bond acceptors (Lipinski definition) is 1. The maximum atomic E-state index is 13.4. The second-order valence-corrected chi connectivity index (χ2v) is 9.82. The number of amides is 1. The Kier molecular flexibility index (Phi) is 3.29. The first-order chi connectivity index (χ1) is 9.26. The Balaban J connectivity index is 2.00. The van der Waals surface area contributed by atoms with Crippen molar-refractivity contribution < 1.29 is 9.18 Å². The standard InChI is InChI=1S/C15H16Br2FNO/c1-9-3-4-10-7-11(18)5-6-12(10)19(9)13(20)14(2)8-15(14,16)17/h5-7,9H,3-4,8H2,1-2H3/t9-,14-/m0/s1. The summed E-state index contributed by atoms with van der Waals surface area (Å²) in [5, 5.41) is 0. The van der Waals surface area contributed by atoms with Gasteiger partial charge in [0.05, 0.1) is 8.65 Å². The normalized spacial score (nSPS) is 30.9. The minimum absolute atomic E-state index is 0.103. The van der Waals surface area contributed by atoms with Crippen molar-refractivity contribution in [2.24, 2.45) is 5.41 Å². The van der Waals surface area contributed by atoms with E-state index in [1.165, 1.54) is 6.07 Å². The van der Waals surface area contributed by atoms with Crippen LogP contribution in [0.4, 0.5) is 10.1 Å². The van der Waals surface area contributed by atoms with E-state index in [9.17, 15) is 9.18 Å². The predicted octanol–water partition coefficient (Wildman–Crippen LogP) is 4.39. The van der Waals surface area contributed by atoms with E-state index < -0.39 is 5.41 Å². The molecule has 1 aliphatic heterocycles. The van der Waals surface area contributed by atoms with E-state index in [0.29, 0.717) is 0 Å². The third-order valence-electron chi connectivity index (χ3n) is 4.52. The number of carbonyl (C=O) groups is 1. The number of hydrogen-bond donors (Lipinski definition) is 0. The maximum Gasteiger partial charge on any atom is 0.235 e. The van der Waals surface area contributed by atoms with Crippen molar-refractivity contribution in [2.75, 3.05) is 4.90 Å². The Morgan fingerprint density at radius 3 is 2.70 bits per heavy atom. The zero-order valence-corrected chi connectivity index (χ0v) is 14.6. The minimum Gasteiger partial charge on any atom is -0.309 e. The topological polar surface area (TPSA) is 20.3 Å². The van der Waals surface area contributed by atoms with Gasteiger partial charge in [-0.25, -0.2) is 4.39 Å². The summed E-state index contributed by atoms with van der Waals surface area (Å²) < 4.78 is 13.1. The van der Waals surface area contributed by atoms with Crippen LogP contribution in [0.2, 0.25) is 0 Å². The van der Waals surface area contributed by atoms with Crippen molar-refractivity contribution in [3.63, 3.8) is 0 Å². The highest BCUT2D eigenvalue weighted by molar-refractivity contribution is 9.25. The number of carbonyl (C=O) groups excluding carboxylic acids is 1. The average molecular weight is 405 g/mol. The van der Waals surface area contributed by atoms with Crippen molar-refractivity contribution in [3.8, 4) is 0 Å². The molecular formula is C15H16Br2FNO. The zero-order chi connectivity index (χ0) is 14.7. The van der Waals surface area contributed by atoms with E-state index in [2.05, 4.69) is 38.8 Å². The third-order valence-corrected chi connectivity index (χ3v) is 6.83. The van der Waals surface area contributed by atoms with Crippen LogP contribution in [0.25, 0.3) is 0 Å². The Bertz CT molecular complexity index is 589. The van der Waals surface area contributed by atoms with Gasteiger partial charge in [-0.1, -0.05) is 31.9 Å². The zero-order valence-electron chi connectivity index (χ0n) is 11.4. The summed E-state index contributed by atoms with van der Waals surface area (Å²) in [5.74, 6) is -0.134. The number of nitrogens with zero attached hydrogens (tertiary/aromatic N) is 1. The van der Waals surface area contributed by atoms with Crippen LogP contribution in [0.3, 0.4) is 0 Å². The van der Waals surface area contributed by atoms with E-state index in [0.717, 1.165) is 30.5 Å². The molecule has 0 radical (unpaired) electrons. The third kappa shape index (κ3) is 2.05. The highest BCUT2D eigenvalue weighted by Crippen LogP contribution is 2.67. The van der Waals surface area contributed by atoms with Crippen molar-refractivity contribution in [1.82, 2.24) is 0 Å². The molecule has 1 aromatic rings. The number of halogens is 3. The van der Waals surface area contributed by atoms with Crippen molar-refractivity contribution in [3.05, 3.63) is 29.6 Å². The number of aryl methyl sites for hydroxylation is 1. The molecule has 20 heavy (non-hydrogen) atoms. The van der Waals surface area contributed by atoms with Gasteiger partial charge < -0.3 is 4.90 Å². The van der Waals surface area contributed by atoms with E-state index in [1.54, 1.807) is 12.1 Å². The van der Waals surface area contributed by atoms with Gasteiger partial charge in [-0.15, -0.1) is 0 Å². The lowest BCUT2D eigenvalue weighted by Crippen LogP contribution is -2.46.